The zero-order chi connectivity index (χ0) is 17.4. The molecule has 0 radical (unpaired) electrons. The number of ketones is 1. The molecule has 2 aromatic heterocycles. The predicted octanol–water partition coefficient (Wildman–Crippen LogP) is 3.14. The number of hydrogen-bond acceptors (Lipinski definition) is 4. The number of carbonyl (C=O) groups excluding carboxylic acids is 2. The number of fused-ring (bicyclic) bond motifs is 1. The Morgan fingerprint density at radius 1 is 1.38 bits per heavy atom. The first kappa shape index (κ1) is 16.9. The fourth-order valence-corrected chi connectivity index (χ4v) is 4.05. The van der Waals surface area contributed by atoms with Crippen molar-refractivity contribution in [2.45, 2.75) is 37.8 Å². The van der Waals surface area contributed by atoms with Crippen LogP contribution in [0.3, 0.4) is 0 Å². The maximum atomic E-state index is 13.1. The van der Waals surface area contributed by atoms with Crippen LogP contribution in [0, 0.1) is 6.92 Å². The van der Waals surface area contributed by atoms with Crippen molar-refractivity contribution in [3.8, 4) is 0 Å². The van der Waals surface area contributed by atoms with Gasteiger partial charge >= 0.3 is 5.97 Å². The Bertz CT molecular complexity index is 804. The van der Waals surface area contributed by atoms with Gasteiger partial charge in [-0.3, -0.25) is 9.59 Å². The van der Waals surface area contributed by atoms with Gasteiger partial charge in [-0.25, -0.2) is 0 Å². The van der Waals surface area contributed by atoms with Crippen molar-refractivity contribution >= 4 is 23.5 Å². The second kappa shape index (κ2) is 6.51. The number of rotatable bonds is 5. The van der Waals surface area contributed by atoms with Crippen molar-refractivity contribution in [3.05, 3.63) is 40.8 Å². The molecule has 1 atom stereocenters. The van der Waals surface area contributed by atoms with Crippen LogP contribution >= 0.6 is 11.8 Å². The van der Waals surface area contributed by atoms with Crippen LogP contribution in [0.5, 0.6) is 0 Å². The minimum absolute atomic E-state index is 0.00561. The average Bonchev–Trinajstić information content (AvgIpc) is 3.19. The van der Waals surface area contributed by atoms with Gasteiger partial charge in [0.05, 0.1) is 28.9 Å². The smallest absolute Gasteiger partial charge is 0.315 e. The number of aryl methyl sites for hydroxylation is 1. The minimum atomic E-state index is -0.264. The molecule has 3 heterocycles. The third-order valence-corrected chi connectivity index (χ3v) is 5.45. The van der Waals surface area contributed by atoms with Crippen LogP contribution in [0.25, 0.3) is 0 Å². The van der Waals surface area contributed by atoms with Crippen molar-refractivity contribution < 1.29 is 14.3 Å². The molecule has 0 N–H and O–H groups in total. The first-order chi connectivity index (χ1) is 11.5. The van der Waals surface area contributed by atoms with Crippen LogP contribution in [0.2, 0.25) is 0 Å². The fourth-order valence-electron chi connectivity index (χ4n) is 3.48. The van der Waals surface area contributed by atoms with E-state index in [0.717, 1.165) is 16.3 Å². The van der Waals surface area contributed by atoms with E-state index in [4.69, 9.17) is 4.74 Å². The van der Waals surface area contributed by atoms with E-state index in [1.165, 1.54) is 0 Å². The molecule has 0 aliphatic carbocycles. The molecule has 6 heteroatoms. The van der Waals surface area contributed by atoms with Gasteiger partial charge in [0.15, 0.2) is 0 Å². The van der Waals surface area contributed by atoms with Crippen LogP contribution in [0.15, 0.2) is 23.2 Å². The Morgan fingerprint density at radius 3 is 2.75 bits per heavy atom. The molecule has 0 spiro atoms. The summed E-state index contributed by atoms with van der Waals surface area (Å²) in [5.74, 6) is -0.456. The van der Waals surface area contributed by atoms with Gasteiger partial charge < -0.3 is 13.9 Å². The van der Waals surface area contributed by atoms with Crippen molar-refractivity contribution in [3.63, 3.8) is 0 Å². The number of hydrogen-bond donors (Lipinski definition) is 0. The molecule has 5 nitrogen and oxygen atoms in total. The summed E-state index contributed by atoms with van der Waals surface area (Å²) in [5, 5.41) is 1.05. The van der Waals surface area contributed by atoms with Gasteiger partial charge in [-0.1, -0.05) is 0 Å². The van der Waals surface area contributed by atoms with E-state index in [9.17, 15) is 9.59 Å². The Morgan fingerprint density at radius 2 is 2.12 bits per heavy atom. The van der Waals surface area contributed by atoms with Crippen LogP contribution in [-0.2, 0) is 23.1 Å². The molecule has 0 amide bonds. The minimum Gasteiger partial charge on any atom is -0.465 e. The van der Waals surface area contributed by atoms with Crippen LogP contribution in [0.1, 0.15) is 46.7 Å². The highest BCUT2D eigenvalue weighted by atomic mass is 32.2. The summed E-state index contributed by atoms with van der Waals surface area (Å²) in [4.78, 5) is 25.2. The molecule has 0 saturated carbocycles. The van der Waals surface area contributed by atoms with E-state index in [-0.39, 0.29) is 17.7 Å². The first-order valence-corrected chi connectivity index (χ1v) is 9.33. The number of ether oxygens (including phenoxy) is 1. The Balaban J connectivity index is 1.99. The van der Waals surface area contributed by atoms with Crippen LogP contribution in [0.4, 0.5) is 0 Å². The van der Waals surface area contributed by atoms with Gasteiger partial charge in [-0.2, -0.15) is 0 Å². The molecule has 0 aromatic carbocycles. The van der Waals surface area contributed by atoms with E-state index in [1.807, 2.05) is 54.5 Å². The molecule has 1 aliphatic rings. The van der Waals surface area contributed by atoms with Crippen molar-refractivity contribution in [2.75, 3.05) is 12.9 Å². The predicted molar refractivity (Wildman–Crippen MR) is 93.8 cm³/mol. The quantitative estimate of drug-likeness (QED) is 0.474. The zero-order valence-corrected chi connectivity index (χ0v) is 15.3. The third-order valence-electron chi connectivity index (χ3n) is 4.62. The van der Waals surface area contributed by atoms with Gasteiger partial charge in [-0.05, 0) is 50.3 Å². The van der Waals surface area contributed by atoms with E-state index in [1.54, 1.807) is 11.8 Å². The van der Waals surface area contributed by atoms with Crippen LogP contribution < -0.4 is 0 Å². The number of aromatic nitrogens is 2. The Kier molecular flexibility index (Phi) is 4.58. The van der Waals surface area contributed by atoms with Gasteiger partial charge in [0.2, 0.25) is 5.78 Å². The molecular formula is C18H22N2O3S. The summed E-state index contributed by atoms with van der Waals surface area (Å²) in [7, 11) is 1.91. The molecule has 128 valence electrons. The highest BCUT2D eigenvalue weighted by Crippen LogP contribution is 2.34. The molecule has 0 saturated heterocycles. The SMILES string of the molecule is CCOC(=O)C1CCn2c1cc(C)c2C(=O)c1ccc(SC)n1C. The summed E-state index contributed by atoms with van der Waals surface area (Å²) < 4.78 is 9.08. The third kappa shape index (κ3) is 2.59. The van der Waals surface area contributed by atoms with Gasteiger partial charge in [0.1, 0.15) is 0 Å². The van der Waals surface area contributed by atoms with Crippen molar-refractivity contribution in [1.82, 2.24) is 9.13 Å². The topological polar surface area (TPSA) is 53.2 Å². The molecule has 0 bridgehead atoms. The maximum Gasteiger partial charge on any atom is 0.315 e. The highest BCUT2D eigenvalue weighted by molar-refractivity contribution is 7.98. The number of nitrogens with zero attached hydrogens (tertiary/aromatic N) is 2. The lowest BCUT2D eigenvalue weighted by Gasteiger charge is -2.09. The number of thioether (sulfide) groups is 1. The molecule has 3 rings (SSSR count). The Labute approximate surface area is 146 Å². The lowest BCUT2D eigenvalue weighted by atomic mass is 10.0. The molecule has 0 fully saturated rings. The van der Waals surface area contributed by atoms with E-state index < -0.39 is 0 Å². The van der Waals surface area contributed by atoms with E-state index >= 15 is 0 Å². The monoisotopic (exact) mass is 346 g/mol. The zero-order valence-electron chi connectivity index (χ0n) is 14.5. The molecule has 1 unspecified atom stereocenters. The van der Waals surface area contributed by atoms with Crippen molar-refractivity contribution in [2.24, 2.45) is 7.05 Å². The maximum absolute atomic E-state index is 13.1. The first-order valence-electron chi connectivity index (χ1n) is 8.10. The summed E-state index contributed by atoms with van der Waals surface area (Å²) in [6.07, 6.45) is 2.69. The Hall–Kier alpha value is -1.95. The molecular weight excluding hydrogens is 324 g/mol. The summed E-state index contributed by atoms with van der Waals surface area (Å²) >= 11 is 1.61. The summed E-state index contributed by atoms with van der Waals surface area (Å²) in [6.45, 7) is 4.79. The molecule has 24 heavy (non-hydrogen) atoms. The van der Waals surface area contributed by atoms with Crippen LogP contribution in [-0.4, -0.2) is 33.7 Å². The number of carbonyl (C=O) groups is 2. The van der Waals surface area contributed by atoms with Gasteiger partial charge in [0.25, 0.3) is 0 Å². The largest absolute Gasteiger partial charge is 0.465 e. The number of esters is 1. The van der Waals surface area contributed by atoms with E-state index in [0.29, 0.717) is 31.0 Å². The van der Waals surface area contributed by atoms with E-state index in [2.05, 4.69) is 0 Å². The summed E-state index contributed by atoms with van der Waals surface area (Å²) in [6, 6.07) is 5.79. The standard InChI is InChI=1S/C18H22N2O3S/c1-5-23-18(22)12-8-9-20-14(12)10-11(2)16(20)17(21)13-6-7-15(24-4)19(13)3/h6-7,10,12H,5,8-9H2,1-4H3. The lowest BCUT2D eigenvalue weighted by molar-refractivity contribution is -0.144. The average molecular weight is 346 g/mol. The molecule has 2 aromatic rings. The van der Waals surface area contributed by atoms with Gasteiger partial charge in [-0.15, -0.1) is 11.8 Å². The molecule has 1 aliphatic heterocycles. The fraction of sp³-hybridized carbons (Fsp3) is 0.444. The lowest BCUT2D eigenvalue weighted by Crippen LogP contribution is -2.14. The van der Waals surface area contributed by atoms with Crippen molar-refractivity contribution in [1.29, 1.82) is 0 Å². The summed E-state index contributed by atoms with van der Waals surface area (Å²) in [5.41, 5.74) is 3.16. The highest BCUT2D eigenvalue weighted by Gasteiger charge is 2.34. The second-order valence-electron chi connectivity index (χ2n) is 5.99. The normalized spacial score (nSPS) is 16.2. The second-order valence-corrected chi connectivity index (χ2v) is 6.82. The van der Waals surface area contributed by atoms with Gasteiger partial charge in [0, 0.05) is 19.3 Å².